The number of amides is 6. The van der Waals surface area contributed by atoms with Crippen LogP contribution >= 0.6 is 11.6 Å². The first-order valence-electron chi connectivity index (χ1n) is 51.5. The molecule has 0 unspecified atom stereocenters. The second-order valence-corrected chi connectivity index (χ2v) is 49.4. The van der Waals surface area contributed by atoms with E-state index in [9.17, 15) is 73.5 Å². The molecule has 4 saturated heterocycles. The van der Waals surface area contributed by atoms with Crippen LogP contribution in [0.2, 0.25) is 5.28 Å². The number of aromatic amines is 1. The van der Waals surface area contributed by atoms with Gasteiger partial charge in [-0.25, -0.2) is 30.2 Å². The molecule has 0 radical (unpaired) electrons. The van der Waals surface area contributed by atoms with Crippen molar-refractivity contribution in [2.45, 2.75) is 337 Å². The Morgan fingerprint density at radius 2 is 0.887 bits per heavy atom. The molecule has 776 valence electrons. The standard InChI is InChI=1S/C35H48N4O7S.C30H39N5O6S.C24H36N2O6S.C11H13ClN2O.C4H8O/c1-4-18-45-23-39-28-15-11-10-14-27(28)36-33(39)46-26-19-29-30(40)21-35(32(42)37-47(43,44)34(3)16-17-34)20-25(35)13-9-7-5-6-8-12-24(2)31(41)38(29)22-26;1-29(13-14-29)42(39,40)34-27(38)30-16-19(30)9-5-3-2-4-6-10-21(31)26(37)35-18-20(15-24(35)25(36)17-30)41-28-32-22-11-7-8-12-23(22)33-28;1-16-8-6-4-3-5-7-9-17-13-24(17,22(30)25-33(31,32)23(2)10-11-23)14-20(28)19-12-18(27)15-26(19)21(16)29;1-2-7-15-8-14-10-6-4-3-5-9(10)13-11(14)12;1-2-4-5-3-1/h9-11,13-15,24-26,29H,4-8,12,16-23H2,1-3H3,(H,37,42);5,7-9,11-12,19-21,24H,2-4,6,10,13-18,31H2,1H3,(H,32,33)(H,34,38);7,9,16-19,27H,3-6,8,10-15H2,1-2H3,(H,25,30);3-6H,2,7-8H2,1H3;1-4H2/b13-9-;9-5-;9-7-;;/t24-,25+,26+,29-,35+;19-,20-,21+,24+,30-;16-,17+,18+,19-,24+;;/m010../s1. The van der Waals surface area contributed by atoms with Gasteiger partial charge in [0.15, 0.2) is 17.3 Å². The van der Waals surface area contributed by atoms with Gasteiger partial charge in [-0.3, -0.25) is 66.5 Å². The quantitative estimate of drug-likeness (QED) is 0.0288. The number of hydrogen-bond acceptors (Lipinski definition) is 25. The lowest BCUT2D eigenvalue weighted by atomic mass is 9.91. The first-order chi connectivity index (χ1) is 67.8. The van der Waals surface area contributed by atoms with E-state index in [0.29, 0.717) is 94.9 Å². The Labute approximate surface area is 838 Å². The first-order valence-corrected chi connectivity index (χ1v) is 56.3. The molecule has 3 aromatic carbocycles. The highest BCUT2D eigenvalue weighted by Gasteiger charge is 2.66. The molecule has 7 aliphatic heterocycles. The Morgan fingerprint density at radius 3 is 1.32 bits per heavy atom. The van der Waals surface area contributed by atoms with E-state index in [1.807, 2.05) is 133 Å². The SMILES string of the molecule is C1CCOC1.CC1(S(=O)(=O)NC(=O)[C@]23CC(=O)[C@@H]4C[C@@H](Oc5nc6ccccc6[nH]5)CN4C(=O)[C@@H](N)CCCCC/C=C\[C@@H]2C3)CC1.CCCOCn1c(Cl)nc2ccccc21.CCCOCn1c(O[C@@H]2C[C@H]3C(=O)C[C@]4(C(=O)NS(=O)(=O)C5(C)CC5)C[C@H]4/C=C\CCCCC[C@H](C)C(=O)N3C2)nc2ccccc21.C[C@H]1CCCCC/C=C\[C@@H]2C[C@@]2(C(=O)NS(=O)(=O)C2(C)CC2)CC(=O)[C@@H]2C[C@@H](O)CN2C1=O. The average molecular weight is 2040 g/mol. The van der Waals surface area contributed by atoms with Gasteiger partial charge >= 0.3 is 0 Å². The number of rotatable bonds is 21. The number of sulfonamides is 3. The number of fused-ring (bicyclic) bond motifs is 9. The summed E-state index contributed by atoms with van der Waals surface area (Å²) in [6.07, 6.45) is 31.8. The normalized spacial score (nSPS) is 30.3. The molecule has 38 heteroatoms. The summed E-state index contributed by atoms with van der Waals surface area (Å²) in [5.74, 6) is -4.41. The van der Waals surface area contributed by atoms with E-state index < -0.39 is 121 Å². The Balaban J connectivity index is 0.000000147. The van der Waals surface area contributed by atoms with Crippen molar-refractivity contribution in [1.82, 2.24) is 57.9 Å². The van der Waals surface area contributed by atoms with E-state index in [1.165, 1.54) is 22.6 Å². The Kier molecular flexibility index (Phi) is 34.1. The fraction of sp³-hybridized carbons (Fsp3) is 0.654. The van der Waals surface area contributed by atoms with Gasteiger partial charge in [-0.05, 0) is 228 Å². The molecule has 10 heterocycles. The van der Waals surface area contributed by atoms with Crippen molar-refractivity contribution in [3.63, 3.8) is 0 Å². The van der Waals surface area contributed by atoms with Crippen molar-refractivity contribution in [2.24, 2.45) is 51.6 Å². The van der Waals surface area contributed by atoms with Crippen LogP contribution in [0.5, 0.6) is 12.0 Å². The summed E-state index contributed by atoms with van der Waals surface area (Å²) in [7, 11) is -11.5. The van der Waals surface area contributed by atoms with Crippen molar-refractivity contribution in [2.75, 3.05) is 46.1 Å². The molecular formula is C104H144ClN13O21S3. The number of ketones is 3. The van der Waals surface area contributed by atoms with Crippen LogP contribution in [0.1, 0.15) is 267 Å². The fourth-order valence-electron chi connectivity index (χ4n) is 20.6. The van der Waals surface area contributed by atoms with Crippen LogP contribution in [-0.2, 0) is 101 Å². The van der Waals surface area contributed by atoms with E-state index >= 15 is 0 Å². The number of carbonyl (C=O) groups is 9. The summed E-state index contributed by atoms with van der Waals surface area (Å²) in [6, 6.07) is 20.6. The molecule has 0 spiro atoms. The third kappa shape index (κ3) is 24.8. The van der Waals surface area contributed by atoms with Crippen LogP contribution in [0.4, 0.5) is 0 Å². The zero-order chi connectivity index (χ0) is 101. The van der Waals surface area contributed by atoms with E-state index in [-0.39, 0.29) is 130 Å². The molecule has 7 N–H and O–H groups in total. The monoisotopic (exact) mass is 2040 g/mol. The minimum absolute atomic E-state index is 0.0997. The topological polar surface area (TPSA) is 459 Å². The van der Waals surface area contributed by atoms with Gasteiger partial charge < -0.3 is 54.2 Å². The van der Waals surface area contributed by atoms with E-state index in [2.05, 4.69) is 42.1 Å². The lowest BCUT2D eigenvalue weighted by Crippen LogP contribution is -2.50. The summed E-state index contributed by atoms with van der Waals surface area (Å²) in [6.45, 7) is 17.3. The molecular weight excluding hydrogens is 1900 g/mol. The van der Waals surface area contributed by atoms with Crippen LogP contribution < -0.4 is 29.4 Å². The minimum atomic E-state index is -3.87. The Bertz CT molecular complexity index is 6000. The number of allylic oxidation sites excluding steroid dienone is 6. The van der Waals surface area contributed by atoms with Crippen molar-refractivity contribution >= 4 is 128 Å². The number of imidazole rings is 3. The zero-order valence-electron chi connectivity index (χ0n) is 83.1. The van der Waals surface area contributed by atoms with Gasteiger partial charge in [-0.2, -0.15) is 9.97 Å². The lowest BCUT2D eigenvalue weighted by molar-refractivity contribution is -0.142. The van der Waals surface area contributed by atoms with Crippen LogP contribution in [0.25, 0.3) is 33.1 Å². The van der Waals surface area contributed by atoms with Gasteiger partial charge in [0.1, 0.15) is 25.7 Å². The molecule has 6 saturated carbocycles. The lowest BCUT2D eigenvalue weighted by Gasteiger charge is -2.28. The number of aromatic nitrogens is 6. The Hall–Kier alpha value is -9.34. The molecule has 6 amide bonds. The number of ether oxygens (including phenoxy) is 5. The highest BCUT2D eigenvalue weighted by Crippen LogP contribution is 2.61. The Morgan fingerprint density at radius 1 is 0.493 bits per heavy atom. The molecule has 34 nitrogen and oxygen atoms in total. The molecule has 0 bridgehead atoms. The number of hydrogen-bond donors (Lipinski definition) is 6. The number of halogens is 1. The molecule has 10 fully saturated rings. The van der Waals surface area contributed by atoms with Crippen molar-refractivity contribution in [3.8, 4) is 12.0 Å². The first kappa shape index (κ1) is 107. The smallest absolute Gasteiger partial charge is 0.299 e. The van der Waals surface area contributed by atoms with E-state index in [4.69, 9.17) is 46.0 Å². The summed E-state index contributed by atoms with van der Waals surface area (Å²) in [4.78, 5) is 144. The van der Waals surface area contributed by atoms with Crippen molar-refractivity contribution in [1.29, 1.82) is 0 Å². The number of aliphatic hydroxyl groups is 1. The molecule has 15 atom stereocenters. The molecule has 3 aromatic heterocycles. The predicted octanol–water partition coefficient (Wildman–Crippen LogP) is 13.6. The van der Waals surface area contributed by atoms with Crippen LogP contribution in [-0.4, -0.2) is 230 Å². The maximum absolute atomic E-state index is 14.2. The van der Waals surface area contributed by atoms with Gasteiger partial charge in [-0.1, -0.05) is 139 Å². The molecule has 19 rings (SSSR count). The number of benzene rings is 3. The number of nitrogens with zero attached hydrogens (tertiary/aromatic N) is 8. The number of aliphatic hydroxyl groups excluding tert-OH is 1. The van der Waals surface area contributed by atoms with E-state index in [0.717, 1.165) is 156 Å². The van der Waals surface area contributed by atoms with Crippen molar-refractivity contribution in [3.05, 3.63) is 115 Å². The van der Waals surface area contributed by atoms with Crippen LogP contribution in [0, 0.1) is 45.8 Å². The molecule has 6 aromatic rings. The minimum Gasteiger partial charge on any atom is -0.459 e. The van der Waals surface area contributed by atoms with Gasteiger partial charge in [-0.15, -0.1) is 0 Å². The molecule has 6 aliphatic carbocycles. The van der Waals surface area contributed by atoms with Gasteiger partial charge in [0.25, 0.3) is 12.0 Å². The number of nitrogens with two attached hydrogens (primary N) is 1. The molecule has 13 aliphatic rings. The highest BCUT2D eigenvalue weighted by atomic mass is 35.5. The second-order valence-electron chi connectivity index (χ2n) is 42.5. The maximum Gasteiger partial charge on any atom is 0.299 e. The highest BCUT2D eigenvalue weighted by molar-refractivity contribution is 7.92. The van der Waals surface area contributed by atoms with Crippen LogP contribution in [0.15, 0.2) is 109 Å². The summed E-state index contributed by atoms with van der Waals surface area (Å²) >= 11 is 6.02. The zero-order valence-corrected chi connectivity index (χ0v) is 86.3. The maximum atomic E-state index is 14.2. The predicted molar refractivity (Wildman–Crippen MR) is 536 cm³/mol. The number of carbonyl (C=O) groups excluding carboxylic acids is 9. The van der Waals surface area contributed by atoms with Gasteiger partial charge in [0.05, 0.1) is 107 Å². The number of para-hydroxylation sites is 6. The largest absolute Gasteiger partial charge is 0.459 e. The number of H-pyrrole nitrogens is 1. The summed E-state index contributed by atoms with van der Waals surface area (Å²) in [5.41, 5.74) is 7.98. The third-order valence-corrected chi connectivity index (χ3v) is 38.0. The second kappa shape index (κ2) is 45.3. The average Bonchev–Trinajstić information content (AvgIpc) is 1.57. The number of nitrogens with one attached hydrogen (secondary N) is 4. The third-order valence-electron chi connectivity index (χ3n) is 31.3. The van der Waals surface area contributed by atoms with Gasteiger partial charge in [0, 0.05) is 83.3 Å². The number of Topliss-reactive ketones (excluding diaryl/α,β-unsaturated/α-hetero) is 3. The van der Waals surface area contributed by atoms with E-state index in [1.54, 1.807) is 25.7 Å². The van der Waals surface area contributed by atoms with Gasteiger partial charge in [0.2, 0.25) is 70.8 Å². The molecule has 142 heavy (non-hydrogen) atoms. The summed E-state index contributed by atoms with van der Waals surface area (Å²) in [5, 5.41) is 10.7. The summed E-state index contributed by atoms with van der Waals surface area (Å²) < 4.78 is 114. The van der Waals surface area contributed by atoms with Crippen LogP contribution in [0.3, 0.4) is 0 Å². The fourth-order valence-corrected chi connectivity index (χ4v) is 24.9. The van der Waals surface area contributed by atoms with Crippen molar-refractivity contribution < 1.29 is 97.2 Å².